The molecule has 297 valence electrons. The smallest absolute Gasteiger partial charge is 0.120 e. The number of pyridine rings is 2. The van der Waals surface area contributed by atoms with Crippen LogP contribution in [0.15, 0.2) is 168 Å². The van der Waals surface area contributed by atoms with Gasteiger partial charge in [-0.1, -0.05) is 142 Å². The first kappa shape index (κ1) is 40.3. The van der Waals surface area contributed by atoms with E-state index in [9.17, 15) is 0 Å². The Morgan fingerprint density at radius 1 is 0.583 bits per heavy atom. The third kappa shape index (κ3) is 7.73. The van der Waals surface area contributed by atoms with Gasteiger partial charge in [0.25, 0.3) is 0 Å². The molecule has 0 N–H and O–H groups in total. The quantitative estimate of drug-likeness (QED) is 0.149. The van der Waals surface area contributed by atoms with E-state index >= 15 is 0 Å². The molecule has 0 aliphatic carbocycles. The summed E-state index contributed by atoms with van der Waals surface area (Å²) in [5.74, 6) is 1.45. The van der Waals surface area contributed by atoms with E-state index in [-0.39, 0.29) is 20.1 Å². The molecule has 0 saturated heterocycles. The summed E-state index contributed by atoms with van der Waals surface area (Å²) in [5, 5.41) is 2.16. The van der Waals surface area contributed by atoms with Crippen LogP contribution in [0.2, 0.25) is 0 Å². The molecule has 10 rings (SSSR count). The van der Waals surface area contributed by atoms with Crippen molar-refractivity contribution < 1.29 is 24.5 Å². The molecule has 60 heavy (non-hydrogen) atoms. The van der Waals surface area contributed by atoms with E-state index in [1.165, 1.54) is 27.9 Å². The van der Waals surface area contributed by atoms with Gasteiger partial charge >= 0.3 is 0 Å². The van der Waals surface area contributed by atoms with E-state index in [1.54, 1.807) is 0 Å². The summed E-state index contributed by atoms with van der Waals surface area (Å²) in [6, 6.07) is 60.6. The van der Waals surface area contributed by atoms with E-state index < -0.39 is 0 Å². The molecule has 1 radical (unpaired) electrons. The number of furan rings is 1. The molecule has 0 fully saturated rings. The van der Waals surface area contributed by atoms with Crippen LogP contribution in [0.25, 0.3) is 83.7 Å². The summed E-state index contributed by atoms with van der Waals surface area (Å²) in [7, 11) is 0. The second-order valence-corrected chi connectivity index (χ2v) is 15.5. The third-order valence-electron chi connectivity index (χ3n) is 10.9. The van der Waals surface area contributed by atoms with Gasteiger partial charge in [0.15, 0.2) is 0 Å². The van der Waals surface area contributed by atoms with Crippen molar-refractivity contribution in [3.8, 4) is 50.7 Å². The first-order valence-corrected chi connectivity index (χ1v) is 20.2. The number of para-hydroxylation sites is 2. The van der Waals surface area contributed by atoms with Crippen LogP contribution in [0.3, 0.4) is 0 Å². The van der Waals surface area contributed by atoms with Crippen LogP contribution in [0.1, 0.15) is 56.4 Å². The van der Waals surface area contributed by atoms with Gasteiger partial charge in [-0.2, -0.15) is 0 Å². The Bertz CT molecular complexity index is 2980. The fraction of sp³-hybridized carbons (Fsp3) is 0.130. The van der Waals surface area contributed by atoms with Crippen molar-refractivity contribution >= 4 is 33.0 Å². The minimum atomic E-state index is 0. The molecule has 6 heteroatoms. The van der Waals surface area contributed by atoms with Crippen molar-refractivity contribution in [3.05, 3.63) is 193 Å². The van der Waals surface area contributed by atoms with Crippen LogP contribution >= 0.6 is 0 Å². The van der Waals surface area contributed by atoms with Crippen LogP contribution in [-0.4, -0.2) is 19.5 Å². The molecule has 0 saturated carbocycles. The molecule has 0 amide bonds. The molecule has 0 bridgehead atoms. The van der Waals surface area contributed by atoms with Gasteiger partial charge in [-0.25, -0.2) is 0 Å². The third-order valence-corrected chi connectivity index (χ3v) is 10.9. The van der Waals surface area contributed by atoms with Gasteiger partial charge < -0.3 is 14.0 Å². The number of fused-ring (bicyclic) bond motifs is 4. The molecule has 0 unspecified atom stereocenters. The van der Waals surface area contributed by atoms with Gasteiger partial charge in [0.1, 0.15) is 5.58 Å². The Morgan fingerprint density at radius 2 is 1.27 bits per heavy atom. The summed E-state index contributed by atoms with van der Waals surface area (Å²) < 4.78 is 8.85. The first-order valence-electron chi connectivity index (χ1n) is 20.2. The minimum Gasteiger partial charge on any atom is -0.501 e. The van der Waals surface area contributed by atoms with Crippen molar-refractivity contribution in [3.63, 3.8) is 0 Å². The van der Waals surface area contributed by atoms with E-state index in [2.05, 4.69) is 141 Å². The summed E-state index contributed by atoms with van der Waals surface area (Å²) in [6.45, 7) is 11.1. The summed E-state index contributed by atoms with van der Waals surface area (Å²) >= 11 is 0. The van der Waals surface area contributed by atoms with Gasteiger partial charge in [0.05, 0.1) is 33.8 Å². The summed E-state index contributed by atoms with van der Waals surface area (Å²) in [5.41, 5.74) is 15.4. The molecule has 5 nitrogen and oxygen atoms in total. The average molecular weight is 957 g/mol. The maximum atomic E-state index is 6.50. The molecule has 4 heterocycles. The number of hydrogen-bond acceptors (Lipinski definition) is 4. The second kappa shape index (κ2) is 17.4. The number of benzene rings is 6. The standard InChI is InChI=1S/C37H32N3O.C17H12N.Ir/c1-22(2)26-16-11-17-27(23(3)4)35(26)40-32-21-31(25-13-7-6-8-14-25)38-24(5)34(32)39-37(40)30-19-12-18-29-28-15-9-10-20-33(28)41-36(29)30;1-3-7-14(8-4-1)16-11-12-18-17(13-16)15-9-5-2-6-10-15;/h6-18,20-23H,1-5H3;1-9,11-13H;/q2*-1;. The molecule has 6 aromatic carbocycles. The Labute approximate surface area is 365 Å². The molecular weight excluding hydrogens is 913 g/mol. The summed E-state index contributed by atoms with van der Waals surface area (Å²) in [4.78, 5) is 14.7. The maximum Gasteiger partial charge on any atom is 0.120 e. The normalized spacial score (nSPS) is 11.2. The van der Waals surface area contributed by atoms with Gasteiger partial charge in [0.2, 0.25) is 0 Å². The van der Waals surface area contributed by atoms with E-state index in [4.69, 9.17) is 14.4 Å². The molecule has 0 spiro atoms. The molecule has 0 aliphatic heterocycles. The Balaban J connectivity index is 0.000000220. The summed E-state index contributed by atoms with van der Waals surface area (Å²) in [6.07, 6.45) is 1.85. The fourth-order valence-electron chi connectivity index (χ4n) is 7.95. The zero-order valence-corrected chi connectivity index (χ0v) is 36.7. The van der Waals surface area contributed by atoms with Crippen LogP contribution in [0.5, 0.6) is 0 Å². The molecule has 0 atom stereocenters. The molecule has 10 aromatic rings. The van der Waals surface area contributed by atoms with Crippen LogP contribution in [-0.2, 0) is 20.1 Å². The number of nitrogens with zero attached hydrogens (tertiary/aromatic N) is 4. The van der Waals surface area contributed by atoms with Crippen molar-refractivity contribution in [2.45, 2.75) is 46.5 Å². The Kier molecular flexibility index (Phi) is 11.7. The van der Waals surface area contributed by atoms with Gasteiger partial charge in [-0.3, -0.25) is 9.97 Å². The van der Waals surface area contributed by atoms with Gasteiger partial charge in [-0.05, 0) is 64.9 Å². The van der Waals surface area contributed by atoms with E-state index in [0.717, 1.165) is 72.6 Å². The largest absolute Gasteiger partial charge is 0.501 e. The number of aryl methyl sites for hydroxylation is 1. The fourth-order valence-corrected chi connectivity index (χ4v) is 7.95. The van der Waals surface area contributed by atoms with Crippen molar-refractivity contribution in [1.82, 2.24) is 19.5 Å². The first-order chi connectivity index (χ1) is 28.9. The monoisotopic (exact) mass is 957 g/mol. The zero-order chi connectivity index (χ0) is 40.5. The molecule has 0 aliphatic rings. The van der Waals surface area contributed by atoms with Crippen molar-refractivity contribution in [2.24, 2.45) is 0 Å². The van der Waals surface area contributed by atoms with Crippen LogP contribution in [0.4, 0.5) is 0 Å². The predicted molar refractivity (Wildman–Crippen MR) is 243 cm³/mol. The van der Waals surface area contributed by atoms with Crippen molar-refractivity contribution in [1.29, 1.82) is 0 Å². The maximum absolute atomic E-state index is 6.50. The number of imidazole rings is 1. The van der Waals surface area contributed by atoms with E-state index in [0.29, 0.717) is 11.8 Å². The predicted octanol–water partition coefficient (Wildman–Crippen LogP) is 14.2. The van der Waals surface area contributed by atoms with Crippen LogP contribution < -0.4 is 0 Å². The van der Waals surface area contributed by atoms with Crippen LogP contribution in [0, 0.1) is 19.1 Å². The Hall–Kier alpha value is -6.46. The van der Waals surface area contributed by atoms with Gasteiger partial charge in [-0.15, -0.1) is 54.1 Å². The van der Waals surface area contributed by atoms with Crippen molar-refractivity contribution in [2.75, 3.05) is 0 Å². The molecule has 4 aromatic heterocycles. The van der Waals surface area contributed by atoms with Gasteiger partial charge in [0, 0.05) is 42.9 Å². The number of rotatable bonds is 7. The number of aromatic nitrogens is 4. The number of hydrogen-bond donors (Lipinski definition) is 0. The SMILES string of the molecule is Cc1nc(-c2ccccc2)cc2c1nc(-c1[c-]ccc3c1oc1ccccc13)n2-c1c(C(C)C)cccc1C(C)C.[Ir].[c-]1ccccc1-c1cc(-c2ccccc2)ccn1. The second-order valence-electron chi connectivity index (χ2n) is 15.5. The van der Waals surface area contributed by atoms with E-state index in [1.807, 2.05) is 79.0 Å². The topological polar surface area (TPSA) is 56.7 Å². The average Bonchev–Trinajstić information content (AvgIpc) is 3.86. The minimum absolute atomic E-state index is 0. The zero-order valence-electron chi connectivity index (χ0n) is 34.3. The Morgan fingerprint density at radius 3 is 1.97 bits per heavy atom. The molecular formula is C54H44IrN4O-2.